The first-order chi connectivity index (χ1) is 9.92. The van der Waals surface area contributed by atoms with Crippen molar-refractivity contribution >= 4 is 20.2 Å². The number of ether oxygens (including phenoxy) is 1. The van der Waals surface area contributed by atoms with Crippen LogP contribution in [0, 0.1) is 11.8 Å². The number of amides is 1. The van der Waals surface area contributed by atoms with Crippen LogP contribution in [-0.4, -0.2) is 38.9 Å². The zero-order valence-corrected chi connectivity index (χ0v) is 16.1. The molecule has 1 amide bonds. The minimum absolute atomic E-state index is 0.0133. The van der Waals surface area contributed by atoms with E-state index in [1.165, 1.54) is 0 Å². The third kappa shape index (κ3) is 3.90. The van der Waals surface area contributed by atoms with Crippen molar-refractivity contribution in [2.45, 2.75) is 71.8 Å². The van der Waals surface area contributed by atoms with Crippen LogP contribution in [0.5, 0.6) is 0 Å². The van der Waals surface area contributed by atoms with E-state index >= 15 is 0 Å². The van der Waals surface area contributed by atoms with E-state index in [9.17, 15) is 9.59 Å². The lowest BCUT2D eigenvalue weighted by Gasteiger charge is -2.40. The zero-order chi connectivity index (χ0) is 17.3. The molecule has 5 nitrogen and oxygen atoms in total. The molecule has 6 heteroatoms. The molecule has 0 unspecified atom stereocenters. The van der Waals surface area contributed by atoms with Crippen molar-refractivity contribution in [1.82, 2.24) is 5.32 Å². The molecule has 0 bridgehead atoms. The molecule has 1 saturated heterocycles. The van der Waals surface area contributed by atoms with Gasteiger partial charge in [-0.05, 0) is 31.0 Å². The van der Waals surface area contributed by atoms with Crippen molar-refractivity contribution in [3.05, 3.63) is 0 Å². The molecule has 1 aliphatic rings. The lowest BCUT2D eigenvalue weighted by molar-refractivity contribution is -0.147. The van der Waals surface area contributed by atoms with E-state index in [0.717, 1.165) is 0 Å². The first-order valence-electron chi connectivity index (χ1n) is 8.07. The molecule has 0 aliphatic carbocycles. The maximum Gasteiger partial charge on any atom is 0.331 e. The normalized spacial score (nSPS) is 26.2. The average Bonchev–Trinajstić information content (AvgIpc) is 2.64. The lowest BCUT2D eigenvalue weighted by atomic mass is 9.90. The highest BCUT2D eigenvalue weighted by molar-refractivity contribution is 6.74. The molecule has 0 radical (unpaired) electrons. The largest absolute Gasteiger partial charge is 0.464 e. The van der Waals surface area contributed by atoms with Gasteiger partial charge in [0.25, 0.3) is 0 Å². The van der Waals surface area contributed by atoms with Crippen molar-refractivity contribution in [1.29, 1.82) is 0 Å². The first kappa shape index (κ1) is 19.2. The van der Waals surface area contributed by atoms with Crippen molar-refractivity contribution in [3.63, 3.8) is 0 Å². The molecule has 0 saturated carbocycles. The number of carbonyl (C=O) groups is 2. The number of rotatable bonds is 5. The van der Waals surface area contributed by atoms with Gasteiger partial charge in [-0.15, -0.1) is 0 Å². The van der Waals surface area contributed by atoms with Gasteiger partial charge in [0.1, 0.15) is 0 Å². The van der Waals surface area contributed by atoms with Crippen LogP contribution >= 0.6 is 0 Å². The van der Waals surface area contributed by atoms with Gasteiger partial charge < -0.3 is 14.5 Å². The summed E-state index contributed by atoms with van der Waals surface area (Å²) in [5, 5.41) is 2.79. The van der Waals surface area contributed by atoms with Crippen LogP contribution in [0.3, 0.4) is 0 Å². The maximum atomic E-state index is 12.3. The van der Waals surface area contributed by atoms with Gasteiger partial charge in [0.15, 0.2) is 14.4 Å². The highest BCUT2D eigenvalue weighted by atomic mass is 28.4. The van der Waals surface area contributed by atoms with Crippen LogP contribution in [-0.2, 0) is 18.8 Å². The number of nitrogens with one attached hydrogen (secondary N) is 1. The van der Waals surface area contributed by atoms with Gasteiger partial charge in [0, 0.05) is 0 Å². The van der Waals surface area contributed by atoms with Gasteiger partial charge in [0.05, 0.1) is 18.6 Å². The van der Waals surface area contributed by atoms with E-state index in [4.69, 9.17) is 9.16 Å². The fraction of sp³-hybridized carbons (Fsp3) is 0.875. The van der Waals surface area contributed by atoms with Crippen molar-refractivity contribution < 1.29 is 18.8 Å². The second-order valence-electron chi connectivity index (χ2n) is 7.85. The fourth-order valence-corrected chi connectivity index (χ4v) is 3.77. The maximum absolute atomic E-state index is 12.3. The first-order valence-corrected chi connectivity index (χ1v) is 11.0. The Bertz CT molecular complexity index is 428. The molecule has 1 heterocycles. The summed E-state index contributed by atoms with van der Waals surface area (Å²) >= 11 is 0. The Hall–Kier alpha value is -0.883. The summed E-state index contributed by atoms with van der Waals surface area (Å²) in [7, 11) is -2.10. The van der Waals surface area contributed by atoms with Crippen molar-refractivity contribution in [2.75, 3.05) is 6.61 Å². The number of carbonyl (C=O) groups excluding carboxylic acids is 2. The Morgan fingerprint density at radius 3 is 2.27 bits per heavy atom. The van der Waals surface area contributed by atoms with E-state index in [0.29, 0.717) is 6.61 Å². The molecule has 0 aromatic carbocycles. The standard InChI is InChI=1S/C16H31NO4Si/c1-9-20-15(19)12-13(11(10(2)3)14(18)17-12)21-22(7,8)16(4,5)6/h10-13H,9H2,1-8H3,(H,17,18)/t11-,12-,13-/m0/s1. The molecule has 1 fully saturated rings. The van der Waals surface area contributed by atoms with Crippen LogP contribution < -0.4 is 5.32 Å². The van der Waals surface area contributed by atoms with Gasteiger partial charge in [0.2, 0.25) is 5.91 Å². The summed E-state index contributed by atoms with van der Waals surface area (Å²) in [5.74, 6) is -0.725. The van der Waals surface area contributed by atoms with Gasteiger partial charge in [-0.1, -0.05) is 34.6 Å². The zero-order valence-electron chi connectivity index (χ0n) is 15.1. The summed E-state index contributed by atoms with van der Waals surface area (Å²) in [6, 6.07) is -0.700. The summed E-state index contributed by atoms with van der Waals surface area (Å²) in [5.41, 5.74) is 0. The molecule has 3 atom stereocenters. The SMILES string of the molecule is CCOC(=O)[C@H]1NC(=O)[C@@H](C(C)C)[C@@H]1O[Si](C)(C)C(C)(C)C. The van der Waals surface area contributed by atoms with Gasteiger partial charge in [-0.25, -0.2) is 4.79 Å². The Morgan fingerprint density at radius 2 is 1.86 bits per heavy atom. The Morgan fingerprint density at radius 1 is 1.32 bits per heavy atom. The van der Waals surface area contributed by atoms with Crippen LogP contribution in [0.1, 0.15) is 41.5 Å². The molecule has 1 rings (SSSR count). The van der Waals surface area contributed by atoms with E-state index in [-0.39, 0.29) is 22.8 Å². The quantitative estimate of drug-likeness (QED) is 0.622. The second kappa shape index (κ2) is 6.70. The number of hydrogen-bond acceptors (Lipinski definition) is 4. The second-order valence-corrected chi connectivity index (χ2v) is 12.6. The Kier molecular flexibility index (Phi) is 5.84. The molecule has 0 spiro atoms. The number of esters is 1. The monoisotopic (exact) mass is 329 g/mol. The fourth-order valence-electron chi connectivity index (χ4n) is 2.45. The average molecular weight is 330 g/mol. The summed E-state index contributed by atoms with van der Waals surface area (Å²) in [6.45, 7) is 16.7. The van der Waals surface area contributed by atoms with Crippen LogP contribution in [0.15, 0.2) is 0 Å². The van der Waals surface area contributed by atoms with Crippen molar-refractivity contribution in [3.8, 4) is 0 Å². The molecule has 22 heavy (non-hydrogen) atoms. The summed E-state index contributed by atoms with van der Waals surface area (Å²) in [6.07, 6.45) is -0.451. The van der Waals surface area contributed by atoms with Crippen LogP contribution in [0.2, 0.25) is 18.1 Å². The minimum atomic E-state index is -2.10. The van der Waals surface area contributed by atoms with E-state index in [1.807, 2.05) is 13.8 Å². The highest BCUT2D eigenvalue weighted by Gasteiger charge is 2.52. The predicted molar refractivity (Wildman–Crippen MR) is 89.0 cm³/mol. The smallest absolute Gasteiger partial charge is 0.331 e. The van der Waals surface area contributed by atoms with E-state index in [2.05, 4.69) is 39.2 Å². The van der Waals surface area contributed by atoms with Crippen LogP contribution in [0.4, 0.5) is 0 Å². The van der Waals surface area contributed by atoms with Crippen LogP contribution in [0.25, 0.3) is 0 Å². The topological polar surface area (TPSA) is 64.6 Å². The highest BCUT2D eigenvalue weighted by Crippen LogP contribution is 2.40. The van der Waals surface area contributed by atoms with Gasteiger partial charge in [-0.2, -0.15) is 0 Å². The van der Waals surface area contributed by atoms with E-state index in [1.54, 1.807) is 6.92 Å². The number of hydrogen-bond donors (Lipinski definition) is 1. The molecule has 0 aromatic rings. The van der Waals surface area contributed by atoms with Crippen molar-refractivity contribution in [2.24, 2.45) is 11.8 Å². The van der Waals surface area contributed by atoms with Gasteiger partial charge >= 0.3 is 5.97 Å². The minimum Gasteiger partial charge on any atom is -0.464 e. The third-order valence-electron chi connectivity index (χ3n) is 4.78. The molecular weight excluding hydrogens is 298 g/mol. The summed E-state index contributed by atoms with van der Waals surface area (Å²) in [4.78, 5) is 24.5. The molecule has 128 valence electrons. The Balaban J connectivity index is 3.10. The predicted octanol–water partition coefficient (Wildman–Crippen LogP) is 2.71. The molecule has 1 N–H and O–H groups in total. The van der Waals surface area contributed by atoms with Gasteiger partial charge in [-0.3, -0.25) is 4.79 Å². The molecule has 0 aromatic heterocycles. The van der Waals surface area contributed by atoms with E-state index < -0.39 is 26.4 Å². The lowest BCUT2D eigenvalue weighted by Crippen LogP contribution is -2.51. The third-order valence-corrected chi connectivity index (χ3v) is 9.25. The Labute approximate surface area is 135 Å². The molecule has 1 aliphatic heterocycles. The molecular formula is C16H31NO4Si. The summed E-state index contributed by atoms with van der Waals surface area (Å²) < 4.78 is 11.6.